The molecular weight excluding hydrogens is 188 g/mol. The Bertz CT molecular complexity index is 230. The topological polar surface area (TPSA) is 41.1 Å². The number of carbonyl (C=O) groups excluding carboxylic acids is 1. The fourth-order valence-corrected chi connectivity index (χ4v) is 2.50. The number of carbonyl (C=O) groups is 1. The van der Waals surface area contributed by atoms with Gasteiger partial charge in [-0.1, -0.05) is 13.3 Å². The van der Waals surface area contributed by atoms with Gasteiger partial charge in [-0.05, 0) is 37.6 Å². The number of hydrogen-bond donors (Lipinski definition) is 2. The van der Waals surface area contributed by atoms with Crippen molar-refractivity contribution in [2.75, 3.05) is 13.1 Å². The highest BCUT2D eigenvalue weighted by atomic mass is 16.1. The van der Waals surface area contributed by atoms with Crippen molar-refractivity contribution >= 4 is 5.91 Å². The third kappa shape index (κ3) is 2.94. The van der Waals surface area contributed by atoms with Crippen LogP contribution in [0.4, 0.5) is 0 Å². The Balaban J connectivity index is 1.63. The molecule has 15 heavy (non-hydrogen) atoms. The lowest BCUT2D eigenvalue weighted by molar-refractivity contribution is -0.122. The number of nitrogens with one attached hydrogen (secondary N) is 2. The van der Waals surface area contributed by atoms with Crippen LogP contribution in [0, 0.1) is 5.41 Å². The van der Waals surface area contributed by atoms with Crippen LogP contribution in [0.15, 0.2) is 0 Å². The van der Waals surface area contributed by atoms with Gasteiger partial charge in [0.25, 0.3) is 0 Å². The Labute approximate surface area is 92.0 Å². The standard InChI is InChI=1S/C12H22N2O/c1-12(5-3-6-12)9-14-11(15)8-10-4-2-7-13-10/h10,13H,2-9H2,1H3,(H,14,15). The van der Waals surface area contributed by atoms with Crippen LogP contribution in [0.3, 0.4) is 0 Å². The maximum atomic E-state index is 11.6. The fraction of sp³-hybridized carbons (Fsp3) is 0.917. The quantitative estimate of drug-likeness (QED) is 0.737. The molecule has 3 heteroatoms. The van der Waals surface area contributed by atoms with Gasteiger partial charge in [-0.3, -0.25) is 4.79 Å². The van der Waals surface area contributed by atoms with E-state index in [0.29, 0.717) is 17.9 Å². The van der Waals surface area contributed by atoms with Crippen LogP contribution in [0.2, 0.25) is 0 Å². The average molecular weight is 210 g/mol. The normalized spacial score (nSPS) is 28.5. The van der Waals surface area contributed by atoms with Gasteiger partial charge >= 0.3 is 0 Å². The third-order valence-corrected chi connectivity index (χ3v) is 3.87. The molecule has 1 aliphatic heterocycles. The van der Waals surface area contributed by atoms with Crippen molar-refractivity contribution in [1.82, 2.24) is 10.6 Å². The summed E-state index contributed by atoms with van der Waals surface area (Å²) >= 11 is 0. The molecule has 0 aromatic carbocycles. The summed E-state index contributed by atoms with van der Waals surface area (Å²) in [5, 5.41) is 6.42. The summed E-state index contributed by atoms with van der Waals surface area (Å²) in [6.07, 6.45) is 6.91. The lowest BCUT2D eigenvalue weighted by Crippen LogP contribution is -2.41. The van der Waals surface area contributed by atoms with Gasteiger partial charge < -0.3 is 10.6 Å². The fourth-order valence-electron chi connectivity index (χ4n) is 2.50. The summed E-state index contributed by atoms with van der Waals surface area (Å²) in [6, 6.07) is 0.430. The Morgan fingerprint density at radius 2 is 2.27 bits per heavy atom. The zero-order chi connectivity index (χ0) is 10.7. The van der Waals surface area contributed by atoms with Gasteiger partial charge in [-0.2, -0.15) is 0 Å². The van der Waals surface area contributed by atoms with Gasteiger partial charge in [0.15, 0.2) is 0 Å². The van der Waals surface area contributed by atoms with E-state index >= 15 is 0 Å². The molecule has 0 aromatic heterocycles. The molecule has 1 unspecified atom stereocenters. The second-order valence-electron chi connectivity index (χ2n) is 5.44. The van der Waals surface area contributed by atoms with Crippen molar-refractivity contribution in [3.63, 3.8) is 0 Å². The molecule has 1 aliphatic carbocycles. The highest BCUT2D eigenvalue weighted by Crippen LogP contribution is 2.39. The van der Waals surface area contributed by atoms with Gasteiger partial charge in [0.05, 0.1) is 0 Å². The van der Waals surface area contributed by atoms with E-state index in [1.54, 1.807) is 0 Å². The predicted octanol–water partition coefficient (Wildman–Crippen LogP) is 1.43. The minimum absolute atomic E-state index is 0.225. The Morgan fingerprint density at radius 1 is 1.47 bits per heavy atom. The lowest BCUT2D eigenvalue weighted by atomic mass is 9.70. The summed E-state index contributed by atoms with van der Waals surface area (Å²) in [4.78, 5) is 11.6. The second-order valence-corrected chi connectivity index (χ2v) is 5.44. The average Bonchev–Trinajstić information content (AvgIpc) is 2.64. The molecule has 1 heterocycles. The molecule has 1 amide bonds. The van der Waals surface area contributed by atoms with Crippen molar-refractivity contribution in [1.29, 1.82) is 0 Å². The van der Waals surface area contributed by atoms with Crippen molar-refractivity contribution < 1.29 is 4.79 Å². The molecule has 2 aliphatic rings. The summed E-state index contributed by atoms with van der Waals surface area (Å²) < 4.78 is 0. The second kappa shape index (κ2) is 4.52. The largest absolute Gasteiger partial charge is 0.356 e. The Hall–Kier alpha value is -0.570. The molecule has 1 saturated carbocycles. The monoisotopic (exact) mass is 210 g/mol. The van der Waals surface area contributed by atoms with Crippen LogP contribution in [0.5, 0.6) is 0 Å². The molecule has 1 atom stereocenters. The first-order valence-electron chi connectivity index (χ1n) is 6.18. The van der Waals surface area contributed by atoms with E-state index in [1.807, 2.05) is 0 Å². The van der Waals surface area contributed by atoms with Crippen LogP contribution in [0.1, 0.15) is 45.4 Å². The van der Waals surface area contributed by atoms with Crippen LogP contribution in [-0.2, 0) is 4.79 Å². The minimum Gasteiger partial charge on any atom is -0.356 e. The van der Waals surface area contributed by atoms with E-state index in [1.165, 1.54) is 25.7 Å². The maximum absolute atomic E-state index is 11.6. The zero-order valence-corrected chi connectivity index (χ0v) is 9.64. The summed E-state index contributed by atoms with van der Waals surface area (Å²) in [7, 11) is 0. The molecule has 2 rings (SSSR count). The molecule has 86 valence electrons. The van der Waals surface area contributed by atoms with Gasteiger partial charge in [-0.25, -0.2) is 0 Å². The van der Waals surface area contributed by atoms with Crippen LogP contribution in [0.25, 0.3) is 0 Å². The molecule has 0 spiro atoms. The molecule has 0 bridgehead atoms. The first kappa shape index (κ1) is 10.9. The number of hydrogen-bond acceptors (Lipinski definition) is 2. The first-order valence-corrected chi connectivity index (χ1v) is 6.18. The van der Waals surface area contributed by atoms with Gasteiger partial charge in [-0.15, -0.1) is 0 Å². The molecule has 2 N–H and O–H groups in total. The van der Waals surface area contributed by atoms with Crippen molar-refractivity contribution in [3.05, 3.63) is 0 Å². The van der Waals surface area contributed by atoms with Gasteiger partial charge in [0.1, 0.15) is 0 Å². The molecule has 0 radical (unpaired) electrons. The number of rotatable bonds is 4. The SMILES string of the molecule is CC1(CNC(=O)CC2CCCN2)CCC1. The lowest BCUT2D eigenvalue weighted by Gasteiger charge is -2.38. The van der Waals surface area contributed by atoms with Crippen molar-refractivity contribution in [2.45, 2.75) is 51.5 Å². The van der Waals surface area contributed by atoms with Crippen LogP contribution < -0.4 is 10.6 Å². The van der Waals surface area contributed by atoms with E-state index in [-0.39, 0.29) is 5.91 Å². The van der Waals surface area contributed by atoms with Crippen molar-refractivity contribution in [2.24, 2.45) is 5.41 Å². The summed E-state index contributed by atoms with van der Waals surface area (Å²) in [5.41, 5.74) is 0.402. The molecule has 3 nitrogen and oxygen atoms in total. The molecule has 2 fully saturated rings. The zero-order valence-electron chi connectivity index (χ0n) is 9.64. The third-order valence-electron chi connectivity index (χ3n) is 3.87. The van der Waals surface area contributed by atoms with E-state index in [4.69, 9.17) is 0 Å². The van der Waals surface area contributed by atoms with Gasteiger partial charge in [0.2, 0.25) is 5.91 Å². The smallest absolute Gasteiger partial charge is 0.221 e. The summed E-state index contributed by atoms with van der Waals surface area (Å²) in [5.74, 6) is 0.225. The van der Waals surface area contributed by atoms with E-state index in [2.05, 4.69) is 17.6 Å². The molecular formula is C12H22N2O. The minimum atomic E-state index is 0.225. The highest BCUT2D eigenvalue weighted by molar-refractivity contribution is 5.76. The van der Waals surface area contributed by atoms with E-state index in [9.17, 15) is 4.79 Å². The van der Waals surface area contributed by atoms with Crippen LogP contribution >= 0.6 is 0 Å². The summed E-state index contributed by atoms with van der Waals surface area (Å²) in [6.45, 7) is 4.22. The maximum Gasteiger partial charge on any atom is 0.221 e. The van der Waals surface area contributed by atoms with E-state index < -0.39 is 0 Å². The Kier molecular flexibility index (Phi) is 3.29. The molecule has 0 aromatic rings. The molecule has 1 saturated heterocycles. The van der Waals surface area contributed by atoms with Crippen LogP contribution in [-0.4, -0.2) is 25.0 Å². The predicted molar refractivity (Wildman–Crippen MR) is 60.6 cm³/mol. The number of amides is 1. The highest BCUT2D eigenvalue weighted by Gasteiger charge is 2.32. The first-order chi connectivity index (χ1) is 7.18. The van der Waals surface area contributed by atoms with Gasteiger partial charge in [0, 0.05) is 19.0 Å². The van der Waals surface area contributed by atoms with Crippen molar-refractivity contribution in [3.8, 4) is 0 Å². The van der Waals surface area contributed by atoms with E-state index in [0.717, 1.165) is 19.5 Å². The Morgan fingerprint density at radius 3 is 2.80 bits per heavy atom.